The van der Waals surface area contributed by atoms with Crippen molar-refractivity contribution in [2.24, 2.45) is 5.92 Å². The number of nitrogens with one attached hydrogen (secondary N) is 1. The Morgan fingerprint density at radius 1 is 0.800 bits per heavy atom. The van der Waals surface area contributed by atoms with Crippen LogP contribution in [-0.2, 0) is 22.3 Å². The molecule has 0 aliphatic carbocycles. The summed E-state index contributed by atoms with van der Waals surface area (Å²) in [5.74, 6) is 0.937. The molecule has 288 valence electrons. The number of nitriles is 1. The third-order valence-electron chi connectivity index (χ3n) is 12.2. The van der Waals surface area contributed by atoms with E-state index in [1.165, 1.54) is 17.3 Å². The van der Waals surface area contributed by atoms with Crippen LogP contribution in [0.15, 0.2) is 54.7 Å². The van der Waals surface area contributed by atoms with Gasteiger partial charge in [-0.1, -0.05) is 12.1 Å². The number of halogens is 3. The van der Waals surface area contributed by atoms with Crippen LogP contribution in [0.25, 0.3) is 0 Å². The first-order valence-corrected chi connectivity index (χ1v) is 19.4. The number of alkyl halides is 3. The summed E-state index contributed by atoms with van der Waals surface area (Å²) in [6.07, 6.45) is 1.63. The predicted octanol–water partition coefficient (Wildman–Crippen LogP) is 5.16. The number of hydrogen-bond acceptors (Lipinski definition) is 9. The molecule has 2 aromatic carbocycles. The summed E-state index contributed by atoms with van der Waals surface area (Å²) in [6, 6.07) is 15.9. The lowest BCUT2D eigenvalue weighted by atomic mass is 9.88. The first kappa shape index (κ1) is 36.8. The van der Waals surface area contributed by atoms with E-state index < -0.39 is 23.7 Å². The van der Waals surface area contributed by atoms with Crippen LogP contribution in [0.2, 0.25) is 0 Å². The van der Waals surface area contributed by atoms with Crippen LogP contribution >= 0.6 is 0 Å². The maximum Gasteiger partial charge on any atom is 0.417 e. The Labute approximate surface area is 318 Å². The fourth-order valence-corrected chi connectivity index (χ4v) is 9.01. The Morgan fingerprint density at radius 2 is 1.47 bits per heavy atom. The average Bonchev–Trinajstić information content (AvgIpc) is 3.52. The smallest absolute Gasteiger partial charge is 0.372 e. The van der Waals surface area contributed by atoms with Gasteiger partial charge in [-0.15, -0.1) is 0 Å². The van der Waals surface area contributed by atoms with E-state index in [1.54, 1.807) is 23.2 Å². The second-order valence-corrected chi connectivity index (χ2v) is 15.5. The van der Waals surface area contributed by atoms with Crippen molar-refractivity contribution in [2.75, 3.05) is 73.6 Å². The molecule has 1 atom stereocenters. The number of fused-ring (bicyclic) bond motifs is 1. The predicted molar refractivity (Wildman–Crippen MR) is 201 cm³/mol. The number of anilines is 3. The van der Waals surface area contributed by atoms with Gasteiger partial charge >= 0.3 is 6.18 Å². The second kappa shape index (κ2) is 15.2. The van der Waals surface area contributed by atoms with Crippen LogP contribution in [0.3, 0.4) is 0 Å². The largest absolute Gasteiger partial charge is 0.417 e. The maximum absolute atomic E-state index is 13.5. The van der Waals surface area contributed by atoms with Gasteiger partial charge in [-0.3, -0.25) is 24.6 Å². The summed E-state index contributed by atoms with van der Waals surface area (Å²) in [4.78, 5) is 52.6. The number of benzene rings is 2. The Kier molecular flexibility index (Phi) is 10.1. The highest BCUT2D eigenvalue weighted by molar-refractivity contribution is 6.05. The van der Waals surface area contributed by atoms with Gasteiger partial charge in [-0.25, -0.2) is 4.98 Å². The normalized spacial score (nSPS) is 21.9. The molecule has 0 radical (unpaired) electrons. The molecular formula is C41H45F3N8O3. The molecule has 3 amide bonds. The first-order chi connectivity index (χ1) is 26.5. The summed E-state index contributed by atoms with van der Waals surface area (Å²) < 4.78 is 40.5. The molecule has 14 heteroatoms. The molecule has 55 heavy (non-hydrogen) atoms. The van der Waals surface area contributed by atoms with Gasteiger partial charge in [0.25, 0.3) is 5.91 Å². The van der Waals surface area contributed by atoms with Crippen molar-refractivity contribution in [3.05, 3.63) is 82.5 Å². The molecule has 0 saturated carbocycles. The SMILES string of the molecule is N#Cc1ccc(N2CCC(c3ccc(N4CCC(CN5CCN(c6cc7c(cn6)C(=O)N(C6CCC(=O)NC6=O)C7)CC5)CC4)cc3)CC2)cc1C(F)(F)F. The first-order valence-electron chi connectivity index (χ1n) is 19.4. The average molecular weight is 755 g/mol. The van der Waals surface area contributed by atoms with Gasteiger partial charge in [0, 0.05) is 89.4 Å². The molecule has 0 spiro atoms. The highest BCUT2D eigenvalue weighted by Gasteiger charge is 2.40. The van der Waals surface area contributed by atoms with Crippen molar-refractivity contribution in [1.82, 2.24) is 20.1 Å². The molecule has 5 aliphatic heterocycles. The van der Waals surface area contributed by atoms with Crippen LogP contribution < -0.4 is 20.0 Å². The number of piperidine rings is 3. The highest BCUT2D eigenvalue weighted by atomic mass is 19.4. The summed E-state index contributed by atoms with van der Waals surface area (Å²) >= 11 is 0. The third-order valence-corrected chi connectivity index (χ3v) is 12.2. The standard InChI is InChI=1S/C41H45F3N8O3/c42-41(43,44)35-22-33(6-3-30(35)23-45)50-15-11-29(12-16-50)28-1-4-32(5-2-28)49-13-9-27(10-14-49)25-48-17-19-51(20-18-48)37-21-31-26-52(40(55)34(31)24-46-37)36-7-8-38(53)47-39(36)54/h1-6,21-22,24,27,29,36H,7-20,25-26H2,(H,47,53,54). The van der Waals surface area contributed by atoms with Crippen molar-refractivity contribution in [3.63, 3.8) is 0 Å². The van der Waals surface area contributed by atoms with Gasteiger partial charge < -0.3 is 19.6 Å². The van der Waals surface area contributed by atoms with Gasteiger partial charge in [-0.2, -0.15) is 18.4 Å². The zero-order chi connectivity index (χ0) is 38.3. The molecule has 1 unspecified atom stereocenters. The van der Waals surface area contributed by atoms with Crippen LogP contribution in [0, 0.1) is 17.2 Å². The van der Waals surface area contributed by atoms with Crippen molar-refractivity contribution in [3.8, 4) is 6.07 Å². The number of nitrogens with zero attached hydrogens (tertiary/aromatic N) is 7. The number of carbonyl (C=O) groups excluding carboxylic acids is 3. The van der Waals surface area contributed by atoms with Gasteiger partial charge in [-0.05, 0) is 91.5 Å². The van der Waals surface area contributed by atoms with Crippen molar-refractivity contribution >= 4 is 34.9 Å². The molecule has 11 nitrogen and oxygen atoms in total. The Balaban J connectivity index is 0.774. The lowest BCUT2D eigenvalue weighted by Crippen LogP contribution is -2.52. The molecule has 6 heterocycles. The van der Waals surface area contributed by atoms with Gasteiger partial charge in [0.2, 0.25) is 11.8 Å². The second-order valence-electron chi connectivity index (χ2n) is 15.5. The monoisotopic (exact) mass is 754 g/mol. The summed E-state index contributed by atoms with van der Waals surface area (Å²) in [7, 11) is 0. The van der Waals surface area contributed by atoms with E-state index in [0.29, 0.717) is 49.1 Å². The zero-order valence-electron chi connectivity index (χ0n) is 30.7. The number of amides is 3. The summed E-state index contributed by atoms with van der Waals surface area (Å²) in [5.41, 5.74) is 3.20. The zero-order valence-corrected chi connectivity index (χ0v) is 30.7. The minimum Gasteiger partial charge on any atom is -0.372 e. The van der Waals surface area contributed by atoms with Gasteiger partial charge in [0.05, 0.1) is 22.8 Å². The Bertz CT molecular complexity index is 1980. The number of hydrogen-bond donors (Lipinski definition) is 1. The van der Waals surface area contributed by atoms with E-state index >= 15 is 0 Å². The Hall–Kier alpha value is -5.16. The number of pyridine rings is 1. The maximum atomic E-state index is 13.5. The quantitative estimate of drug-likeness (QED) is 0.327. The van der Waals surface area contributed by atoms with Crippen molar-refractivity contribution in [2.45, 2.75) is 63.2 Å². The number of rotatable bonds is 7. The molecule has 5 aliphatic rings. The van der Waals surface area contributed by atoms with Crippen LogP contribution in [0.1, 0.15) is 77.1 Å². The van der Waals surface area contributed by atoms with E-state index in [0.717, 1.165) is 88.9 Å². The number of piperazine rings is 1. The van der Waals surface area contributed by atoms with Crippen molar-refractivity contribution in [1.29, 1.82) is 5.26 Å². The van der Waals surface area contributed by atoms with E-state index in [-0.39, 0.29) is 23.8 Å². The summed E-state index contributed by atoms with van der Waals surface area (Å²) in [5, 5.41) is 11.5. The molecule has 1 N–H and O–H groups in total. The van der Waals surface area contributed by atoms with E-state index in [1.807, 2.05) is 11.0 Å². The van der Waals surface area contributed by atoms with E-state index in [2.05, 4.69) is 49.3 Å². The van der Waals surface area contributed by atoms with Crippen LogP contribution in [0.4, 0.5) is 30.4 Å². The minimum absolute atomic E-state index is 0.205. The molecule has 4 fully saturated rings. The fourth-order valence-electron chi connectivity index (χ4n) is 9.01. The third kappa shape index (κ3) is 7.72. The molecule has 4 saturated heterocycles. The summed E-state index contributed by atoms with van der Waals surface area (Å²) in [6.45, 7) is 8.39. The molecule has 1 aromatic heterocycles. The fraction of sp³-hybridized carbons (Fsp3) is 0.488. The Morgan fingerprint density at radius 3 is 2.15 bits per heavy atom. The number of aromatic nitrogens is 1. The van der Waals surface area contributed by atoms with Gasteiger partial charge in [0.15, 0.2) is 0 Å². The van der Waals surface area contributed by atoms with E-state index in [9.17, 15) is 27.6 Å². The highest BCUT2D eigenvalue weighted by Crippen LogP contribution is 2.37. The number of imide groups is 1. The molecule has 0 bridgehead atoms. The molecule has 3 aromatic rings. The molecular weight excluding hydrogens is 709 g/mol. The number of carbonyl (C=O) groups is 3. The van der Waals surface area contributed by atoms with Gasteiger partial charge in [0.1, 0.15) is 11.9 Å². The van der Waals surface area contributed by atoms with Crippen LogP contribution in [0.5, 0.6) is 0 Å². The van der Waals surface area contributed by atoms with Crippen LogP contribution in [-0.4, -0.2) is 97.4 Å². The topological polar surface area (TPSA) is 116 Å². The lowest BCUT2D eigenvalue weighted by molar-refractivity contribution is -0.138. The minimum atomic E-state index is -4.56. The lowest BCUT2D eigenvalue weighted by Gasteiger charge is -2.40. The van der Waals surface area contributed by atoms with E-state index in [4.69, 9.17) is 5.26 Å². The molecule has 8 rings (SSSR count). The van der Waals surface area contributed by atoms with Crippen molar-refractivity contribution < 1.29 is 27.6 Å².